The molecule has 2 nitrogen and oxygen atoms in total. The van der Waals surface area contributed by atoms with Crippen molar-refractivity contribution in [3.8, 4) is 11.1 Å². The molecule has 0 saturated heterocycles. The fraction of sp³-hybridized carbons (Fsp3) is 0.294. The van der Waals surface area contributed by atoms with Crippen molar-refractivity contribution < 1.29 is 5.11 Å². The van der Waals surface area contributed by atoms with E-state index in [1.807, 2.05) is 7.05 Å². The zero-order valence-electron chi connectivity index (χ0n) is 11.1. The Balaban J connectivity index is 2.08. The van der Waals surface area contributed by atoms with Crippen molar-refractivity contribution in [1.29, 1.82) is 0 Å². The van der Waals surface area contributed by atoms with Gasteiger partial charge in [-0.1, -0.05) is 42.5 Å². The van der Waals surface area contributed by atoms with Crippen LogP contribution in [-0.4, -0.2) is 23.6 Å². The van der Waals surface area contributed by atoms with Crippen molar-refractivity contribution in [2.45, 2.75) is 18.6 Å². The van der Waals surface area contributed by atoms with E-state index in [0.29, 0.717) is 6.42 Å². The molecule has 2 aromatic carbocycles. The number of hydrogen-bond acceptors (Lipinski definition) is 2. The molecule has 0 bridgehead atoms. The van der Waals surface area contributed by atoms with Gasteiger partial charge in [-0.15, -0.1) is 0 Å². The molecule has 4 rings (SSSR count). The van der Waals surface area contributed by atoms with E-state index in [2.05, 4.69) is 47.4 Å². The predicted molar refractivity (Wildman–Crippen MR) is 75.8 cm³/mol. The Morgan fingerprint density at radius 2 is 1.74 bits per heavy atom. The van der Waals surface area contributed by atoms with Crippen molar-refractivity contribution in [1.82, 2.24) is 4.90 Å². The molecule has 96 valence electrons. The smallest absolute Gasteiger partial charge is 0.149 e. The summed E-state index contributed by atoms with van der Waals surface area (Å²) in [6, 6.07) is 14.8. The average molecular weight is 251 g/mol. The van der Waals surface area contributed by atoms with Crippen LogP contribution in [0, 0.1) is 0 Å². The SMILES string of the molecule is CN1CCc2cccc3c2C1(O)Cc1ccccc1-3. The first kappa shape index (κ1) is 11.2. The third-order valence-electron chi connectivity index (χ3n) is 4.64. The van der Waals surface area contributed by atoms with E-state index in [0.717, 1.165) is 18.5 Å². The highest BCUT2D eigenvalue weighted by Crippen LogP contribution is 2.46. The average Bonchev–Trinajstić information content (AvgIpc) is 2.43. The first-order valence-electron chi connectivity index (χ1n) is 6.84. The number of nitrogens with zero attached hydrogens (tertiary/aromatic N) is 1. The maximum Gasteiger partial charge on any atom is 0.149 e. The van der Waals surface area contributed by atoms with Crippen LogP contribution < -0.4 is 0 Å². The molecule has 0 radical (unpaired) electrons. The number of hydrogen-bond donors (Lipinski definition) is 1. The van der Waals surface area contributed by atoms with Gasteiger partial charge in [-0.3, -0.25) is 4.90 Å². The lowest BCUT2D eigenvalue weighted by molar-refractivity contribution is -0.110. The van der Waals surface area contributed by atoms with E-state index < -0.39 is 5.72 Å². The fourth-order valence-corrected chi connectivity index (χ4v) is 3.60. The number of rotatable bonds is 0. The van der Waals surface area contributed by atoms with E-state index in [-0.39, 0.29) is 0 Å². The third-order valence-corrected chi connectivity index (χ3v) is 4.64. The molecule has 1 aliphatic heterocycles. The van der Waals surface area contributed by atoms with Gasteiger partial charge in [0.25, 0.3) is 0 Å². The van der Waals surface area contributed by atoms with Gasteiger partial charge in [-0.25, -0.2) is 0 Å². The van der Waals surface area contributed by atoms with Gasteiger partial charge in [0, 0.05) is 18.5 Å². The van der Waals surface area contributed by atoms with Crippen LogP contribution in [0.2, 0.25) is 0 Å². The summed E-state index contributed by atoms with van der Waals surface area (Å²) < 4.78 is 0. The zero-order chi connectivity index (χ0) is 13.0. The van der Waals surface area contributed by atoms with Crippen LogP contribution in [0.5, 0.6) is 0 Å². The topological polar surface area (TPSA) is 23.5 Å². The molecule has 19 heavy (non-hydrogen) atoms. The van der Waals surface area contributed by atoms with Crippen LogP contribution in [0.1, 0.15) is 16.7 Å². The highest BCUT2D eigenvalue weighted by molar-refractivity contribution is 5.76. The molecule has 1 N–H and O–H groups in total. The van der Waals surface area contributed by atoms with Gasteiger partial charge in [0.2, 0.25) is 0 Å². The lowest BCUT2D eigenvalue weighted by atomic mass is 9.75. The van der Waals surface area contributed by atoms with E-state index in [4.69, 9.17) is 0 Å². The van der Waals surface area contributed by atoms with Crippen LogP contribution in [0.15, 0.2) is 42.5 Å². The van der Waals surface area contributed by atoms with Crippen molar-refractivity contribution in [2.24, 2.45) is 0 Å². The van der Waals surface area contributed by atoms with Gasteiger partial charge >= 0.3 is 0 Å². The van der Waals surface area contributed by atoms with Gasteiger partial charge in [0.1, 0.15) is 5.72 Å². The van der Waals surface area contributed by atoms with E-state index in [9.17, 15) is 5.11 Å². The van der Waals surface area contributed by atoms with Crippen molar-refractivity contribution in [3.63, 3.8) is 0 Å². The molecule has 0 saturated carbocycles. The summed E-state index contributed by atoms with van der Waals surface area (Å²) in [5.41, 5.74) is 5.31. The second kappa shape index (κ2) is 3.69. The number of likely N-dealkylation sites (N-methyl/N-ethyl adjacent to an activating group) is 1. The standard InChI is InChI=1S/C17H17NO/c1-18-10-9-12-6-4-8-15-14-7-3-2-5-13(14)11-17(18,19)16(12)15/h2-8,19H,9-11H2,1H3. The predicted octanol–water partition coefficient (Wildman–Crippen LogP) is 2.54. The molecule has 0 spiro atoms. The summed E-state index contributed by atoms with van der Waals surface area (Å²) in [7, 11) is 2.02. The summed E-state index contributed by atoms with van der Waals surface area (Å²) in [5.74, 6) is 0. The monoisotopic (exact) mass is 251 g/mol. The molecule has 0 aromatic heterocycles. The van der Waals surface area contributed by atoms with Crippen LogP contribution in [0.3, 0.4) is 0 Å². The lowest BCUT2D eigenvalue weighted by Crippen LogP contribution is -2.51. The van der Waals surface area contributed by atoms with Gasteiger partial charge in [0.05, 0.1) is 0 Å². The Morgan fingerprint density at radius 1 is 1.00 bits per heavy atom. The molecular formula is C17H17NO. The zero-order valence-corrected chi connectivity index (χ0v) is 11.1. The van der Waals surface area contributed by atoms with Crippen LogP contribution in [0.25, 0.3) is 11.1 Å². The van der Waals surface area contributed by atoms with Gasteiger partial charge < -0.3 is 5.11 Å². The minimum Gasteiger partial charge on any atom is -0.371 e. The van der Waals surface area contributed by atoms with Crippen LogP contribution >= 0.6 is 0 Å². The Kier molecular flexibility index (Phi) is 2.17. The van der Waals surface area contributed by atoms with Crippen molar-refractivity contribution in [2.75, 3.05) is 13.6 Å². The summed E-state index contributed by atoms with van der Waals surface area (Å²) in [5, 5.41) is 11.2. The molecule has 1 aliphatic carbocycles. The highest BCUT2D eigenvalue weighted by Gasteiger charge is 2.43. The molecule has 2 aromatic rings. The molecular weight excluding hydrogens is 234 g/mol. The Hall–Kier alpha value is -1.64. The molecule has 2 heteroatoms. The number of aliphatic hydroxyl groups is 1. The summed E-state index contributed by atoms with van der Waals surface area (Å²) >= 11 is 0. The van der Waals surface area contributed by atoms with Gasteiger partial charge in [-0.05, 0) is 35.7 Å². The summed E-state index contributed by atoms with van der Waals surface area (Å²) in [4.78, 5) is 2.09. The summed E-state index contributed by atoms with van der Waals surface area (Å²) in [6.07, 6.45) is 1.70. The normalized spacial score (nSPS) is 24.7. The second-order valence-electron chi connectivity index (χ2n) is 5.66. The molecule has 1 unspecified atom stereocenters. The third kappa shape index (κ3) is 1.38. The quantitative estimate of drug-likeness (QED) is 0.778. The second-order valence-corrected chi connectivity index (χ2v) is 5.66. The Labute approximate surface area is 113 Å². The van der Waals surface area contributed by atoms with Crippen LogP contribution in [-0.2, 0) is 18.6 Å². The summed E-state index contributed by atoms with van der Waals surface area (Å²) in [6.45, 7) is 0.912. The molecule has 1 heterocycles. The van der Waals surface area contributed by atoms with E-state index in [1.165, 1.54) is 22.3 Å². The molecule has 1 atom stereocenters. The number of fused-ring (bicyclic) bond motifs is 2. The maximum absolute atomic E-state index is 11.2. The van der Waals surface area contributed by atoms with Gasteiger partial charge in [-0.2, -0.15) is 0 Å². The van der Waals surface area contributed by atoms with Crippen molar-refractivity contribution in [3.05, 3.63) is 59.2 Å². The van der Waals surface area contributed by atoms with Crippen molar-refractivity contribution >= 4 is 0 Å². The largest absolute Gasteiger partial charge is 0.371 e. The molecule has 2 aliphatic rings. The van der Waals surface area contributed by atoms with Gasteiger partial charge in [0.15, 0.2) is 0 Å². The Morgan fingerprint density at radius 3 is 2.63 bits per heavy atom. The highest BCUT2D eigenvalue weighted by atomic mass is 16.3. The Bertz CT molecular complexity index is 664. The minimum absolute atomic E-state index is 0.684. The first-order chi connectivity index (χ1) is 9.20. The number of benzene rings is 2. The molecule has 0 fully saturated rings. The van der Waals surface area contributed by atoms with E-state index >= 15 is 0 Å². The maximum atomic E-state index is 11.2. The van der Waals surface area contributed by atoms with E-state index in [1.54, 1.807) is 0 Å². The lowest BCUT2D eigenvalue weighted by Gasteiger charge is -2.46. The first-order valence-corrected chi connectivity index (χ1v) is 6.84. The fourth-order valence-electron chi connectivity index (χ4n) is 3.60. The minimum atomic E-state index is -0.835. The van der Waals surface area contributed by atoms with Crippen LogP contribution in [0.4, 0.5) is 0 Å². The molecule has 0 amide bonds.